The molecule has 3 aromatic carbocycles. The van der Waals surface area contributed by atoms with Gasteiger partial charge in [-0.1, -0.05) is 36.4 Å². The second kappa shape index (κ2) is 11.4. The Morgan fingerprint density at radius 2 is 1.46 bits per heavy atom. The van der Waals surface area contributed by atoms with E-state index < -0.39 is 0 Å². The molecule has 0 N–H and O–H groups in total. The van der Waals surface area contributed by atoms with Crippen molar-refractivity contribution in [3.63, 3.8) is 0 Å². The lowest BCUT2D eigenvalue weighted by Gasteiger charge is -2.38. The van der Waals surface area contributed by atoms with Crippen LogP contribution in [-0.2, 0) is 4.79 Å². The van der Waals surface area contributed by atoms with Crippen LogP contribution in [0.25, 0.3) is 0 Å². The van der Waals surface area contributed by atoms with Crippen molar-refractivity contribution in [1.29, 1.82) is 0 Å². The third-order valence-electron chi connectivity index (χ3n) is 8.18. The Bertz CT molecular complexity index is 1350. The van der Waals surface area contributed by atoms with Gasteiger partial charge in [-0.2, -0.15) is 0 Å². The second-order valence-corrected chi connectivity index (χ2v) is 10.4. The number of rotatable bonds is 6. The van der Waals surface area contributed by atoms with E-state index in [1.165, 1.54) is 11.3 Å². The lowest BCUT2D eigenvalue weighted by molar-refractivity contribution is -0.135. The Kier molecular flexibility index (Phi) is 7.77. The van der Waals surface area contributed by atoms with Crippen LogP contribution in [0.4, 0.5) is 5.69 Å². The SMILES string of the molecule is COc1ccc(OC)c(C2CN(C(=O)c3ccccc3C)CC2C(=O)N2CCN(c3ccccc3C)CC2)c1. The molecular weight excluding hydrogens is 490 g/mol. The van der Waals surface area contributed by atoms with Gasteiger partial charge in [0.2, 0.25) is 5.91 Å². The monoisotopic (exact) mass is 527 g/mol. The van der Waals surface area contributed by atoms with Crippen molar-refractivity contribution in [1.82, 2.24) is 9.80 Å². The van der Waals surface area contributed by atoms with E-state index in [-0.39, 0.29) is 23.7 Å². The molecule has 0 bridgehead atoms. The van der Waals surface area contributed by atoms with E-state index in [4.69, 9.17) is 9.47 Å². The molecule has 0 radical (unpaired) electrons. The predicted molar refractivity (Wildman–Crippen MR) is 153 cm³/mol. The molecule has 0 aliphatic carbocycles. The number of likely N-dealkylation sites (tertiary alicyclic amines) is 1. The Balaban J connectivity index is 1.41. The first-order valence-electron chi connectivity index (χ1n) is 13.6. The number of hydrogen-bond donors (Lipinski definition) is 0. The third kappa shape index (κ3) is 5.31. The second-order valence-electron chi connectivity index (χ2n) is 10.4. The maximum atomic E-state index is 14.1. The largest absolute Gasteiger partial charge is 0.497 e. The minimum atomic E-state index is -0.371. The molecule has 7 heteroatoms. The van der Waals surface area contributed by atoms with Crippen LogP contribution in [0.1, 0.15) is 33.0 Å². The van der Waals surface area contributed by atoms with Crippen molar-refractivity contribution in [2.45, 2.75) is 19.8 Å². The van der Waals surface area contributed by atoms with Gasteiger partial charge in [0.15, 0.2) is 0 Å². The van der Waals surface area contributed by atoms with Crippen molar-refractivity contribution in [3.8, 4) is 11.5 Å². The zero-order valence-corrected chi connectivity index (χ0v) is 23.2. The predicted octanol–water partition coefficient (Wildman–Crippen LogP) is 4.53. The van der Waals surface area contributed by atoms with E-state index in [0.717, 1.165) is 24.2 Å². The Hall–Kier alpha value is -4.00. The first-order valence-corrected chi connectivity index (χ1v) is 13.6. The van der Waals surface area contributed by atoms with Crippen LogP contribution in [0.15, 0.2) is 66.7 Å². The minimum Gasteiger partial charge on any atom is -0.497 e. The van der Waals surface area contributed by atoms with Gasteiger partial charge in [-0.25, -0.2) is 0 Å². The topological polar surface area (TPSA) is 62.3 Å². The number of para-hydroxylation sites is 1. The van der Waals surface area contributed by atoms with Crippen molar-refractivity contribution >= 4 is 17.5 Å². The average molecular weight is 528 g/mol. The third-order valence-corrected chi connectivity index (χ3v) is 8.18. The molecule has 2 aliphatic heterocycles. The highest BCUT2D eigenvalue weighted by atomic mass is 16.5. The van der Waals surface area contributed by atoms with Gasteiger partial charge in [-0.15, -0.1) is 0 Å². The summed E-state index contributed by atoms with van der Waals surface area (Å²) >= 11 is 0. The number of nitrogens with zero attached hydrogens (tertiary/aromatic N) is 3. The number of carbonyl (C=O) groups is 2. The fourth-order valence-electron chi connectivity index (χ4n) is 5.97. The first kappa shape index (κ1) is 26.6. The molecule has 0 spiro atoms. The van der Waals surface area contributed by atoms with Crippen molar-refractivity contribution < 1.29 is 19.1 Å². The van der Waals surface area contributed by atoms with Gasteiger partial charge >= 0.3 is 0 Å². The van der Waals surface area contributed by atoms with Crippen LogP contribution < -0.4 is 14.4 Å². The highest BCUT2D eigenvalue weighted by molar-refractivity contribution is 5.96. The zero-order valence-electron chi connectivity index (χ0n) is 23.2. The number of ether oxygens (including phenoxy) is 2. The maximum Gasteiger partial charge on any atom is 0.254 e. The van der Waals surface area contributed by atoms with Crippen LogP contribution in [0.3, 0.4) is 0 Å². The van der Waals surface area contributed by atoms with Crippen molar-refractivity contribution in [3.05, 3.63) is 89.0 Å². The van der Waals surface area contributed by atoms with Gasteiger partial charge in [0, 0.05) is 62.0 Å². The normalized spacial score (nSPS) is 19.2. The summed E-state index contributed by atoms with van der Waals surface area (Å²) < 4.78 is 11.2. The fraction of sp³-hybridized carbons (Fsp3) is 0.375. The molecule has 2 heterocycles. The number of methoxy groups -OCH3 is 2. The molecule has 2 atom stereocenters. The number of aryl methyl sites for hydroxylation is 2. The molecule has 2 saturated heterocycles. The molecule has 5 rings (SSSR count). The number of anilines is 1. The lowest BCUT2D eigenvalue weighted by atomic mass is 9.87. The number of piperazine rings is 1. The van der Waals surface area contributed by atoms with E-state index in [1.54, 1.807) is 14.2 Å². The van der Waals surface area contributed by atoms with Gasteiger partial charge < -0.3 is 24.2 Å². The highest BCUT2D eigenvalue weighted by Crippen LogP contribution is 2.41. The average Bonchev–Trinajstić information content (AvgIpc) is 3.42. The zero-order chi connectivity index (χ0) is 27.5. The van der Waals surface area contributed by atoms with E-state index in [1.807, 2.05) is 59.2 Å². The molecular formula is C32H37N3O4. The molecule has 0 aromatic heterocycles. The van der Waals surface area contributed by atoms with Crippen LogP contribution in [-0.4, -0.2) is 75.1 Å². The van der Waals surface area contributed by atoms with Gasteiger partial charge in [0.25, 0.3) is 5.91 Å². The summed E-state index contributed by atoms with van der Waals surface area (Å²) in [5.74, 6) is 0.878. The maximum absolute atomic E-state index is 14.1. The van der Waals surface area contributed by atoms with Crippen LogP contribution in [0, 0.1) is 19.8 Å². The molecule has 0 saturated carbocycles. The summed E-state index contributed by atoms with van der Waals surface area (Å²) in [6, 6.07) is 21.7. The van der Waals surface area contributed by atoms with Crippen LogP contribution >= 0.6 is 0 Å². The highest BCUT2D eigenvalue weighted by Gasteiger charge is 2.44. The van der Waals surface area contributed by atoms with Gasteiger partial charge in [0.1, 0.15) is 11.5 Å². The van der Waals surface area contributed by atoms with E-state index in [2.05, 4.69) is 36.1 Å². The van der Waals surface area contributed by atoms with Crippen LogP contribution in [0.2, 0.25) is 0 Å². The standard InChI is InChI=1S/C32H37N3O4/c1-22-9-5-7-11-25(22)31(36)35-20-27(26-19-24(38-3)13-14-30(26)39-4)28(21-35)32(37)34-17-15-33(16-18-34)29-12-8-6-10-23(29)2/h5-14,19,27-28H,15-18,20-21H2,1-4H3. The Morgan fingerprint density at radius 1 is 0.769 bits per heavy atom. The summed E-state index contributed by atoms with van der Waals surface area (Å²) in [4.78, 5) is 33.9. The van der Waals surface area contributed by atoms with Gasteiger partial charge in [-0.3, -0.25) is 9.59 Å². The van der Waals surface area contributed by atoms with Gasteiger partial charge in [-0.05, 0) is 55.3 Å². The minimum absolute atomic E-state index is 0.0420. The van der Waals surface area contributed by atoms with E-state index >= 15 is 0 Å². The lowest BCUT2D eigenvalue weighted by Crippen LogP contribution is -2.51. The number of hydrogen-bond acceptors (Lipinski definition) is 5. The molecule has 39 heavy (non-hydrogen) atoms. The number of carbonyl (C=O) groups excluding carboxylic acids is 2. The van der Waals surface area contributed by atoms with Crippen molar-refractivity contribution in [2.75, 3.05) is 58.4 Å². The molecule has 7 nitrogen and oxygen atoms in total. The summed E-state index contributed by atoms with van der Waals surface area (Å²) in [5.41, 5.74) is 4.96. The molecule has 204 valence electrons. The molecule has 2 aliphatic rings. The summed E-state index contributed by atoms with van der Waals surface area (Å²) in [5, 5.41) is 0. The first-order chi connectivity index (χ1) is 18.9. The molecule has 2 amide bonds. The quantitative estimate of drug-likeness (QED) is 0.472. The van der Waals surface area contributed by atoms with Crippen LogP contribution in [0.5, 0.6) is 11.5 Å². The van der Waals surface area contributed by atoms with E-state index in [9.17, 15) is 9.59 Å². The number of benzene rings is 3. The smallest absolute Gasteiger partial charge is 0.254 e. The molecule has 2 fully saturated rings. The van der Waals surface area contributed by atoms with Gasteiger partial charge in [0.05, 0.1) is 20.1 Å². The Morgan fingerprint density at radius 3 is 2.13 bits per heavy atom. The molecule has 2 unspecified atom stereocenters. The Labute approximate surface area is 230 Å². The molecule has 3 aromatic rings. The summed E-state index contributed by atoms with van der Waals surface area (Å²) in [7, 11) is 3.27. The number of amides is 2. The summed E-state index contributed by atoms with van der Waals surface area (Å²) in [6.07, 6.45) is 0. The fourth-order valence-corrected chi connectivity index (χ4v) is 5.97. The van der Waals surface area contributed by atoms with Crippen molar-refractivity contribution in [2.24, 2.45) is 5.92 Å². The van der Waals surface area contributed by atoms with E-state index in [0.29, 0.717) is 43.2 Å². The summed E-state index contributed by atoms with van der Waals surface area (Å²) in [6.45, 7) is 7.74.